The van der Waals surface area contributed by atoms with E-state index in [4.69, 9.17) is 0 Å². The molecule has 1 N–H and O–H groups in total. The summed E-state index contributed by atoms with van der Waals surface area (Å²) in [6.07, 6.45) is 0. The molecule has 2 aromatic carbocycles. The van der Waals surface area contributed by atoms with Crippen molar-refractivity contribution in [2.45, 2.75) is 33.2 Å². The third kappa shape index (κ3) is 3.24. The van der Waals surface area contributed by atoms with E-state index in [0.29, 0.717) is 5.92 Å². The second-order valence-electron chi connectivity index (χ2n) is 5.74. The molecule has 108 valence electrons. The predicted octanol–water partition coefficient (Wildman–Crippen LogP) is 5.34. The Morgan fingerprint density at radius 3 is 2.57 bits per heavy atom. The van der Waals surface area contributed by atoms with Gasteiger partial charge in [0.15, 0.2) is 5.13 Å². The van der Waals surface area contributed by atoms with Crippen LogP contribution in [0.2, 0.25) is 0 Å². The van der Waals surface area contributed by atoms with Crippen molar-refractivity contribution < 1.29 is 0 Å². The molecule has 21 heavy (non-hydrogen) atoms. The Kier molecular flexibility index (Phi) is 3.93. The van der Waals surface area contributed by atoms with Crippen molar-refractivity contribution in [1.29, 1.82) is 0 Å². The van der Waals surface area contributed by atoms with Crippen LogP contribution in [-0.2, 0) is 6.54 Å². The molecule has 1 heterocycles. The standard InChI is InChI=1S/C18H20N2S/c1-12(2)15-7-5-14(6-8-15)11-19-18-20-16-9-4-13(3)10-17(16)21-18/h4-10,12H,11H2,1-3H3,(H,19,20). The number of rotatable bonds is 4. The van der Waals surface area contributed by atoms with Crippen LogP contribution in [0.5, 0.6) is 0 Å². The SMILES string of the molecule is Cc1ccc2nc(NCc3ccc(C(C)C)cc3)sc2c1. The molecule has 0 radical (unpaired) electrons. The molecule has 0 bridgehead atoms. The average molecular weight is 296 g/mol. The average Bonchev–Trinajstić information content (AvgIpc) is 2.87. The summed E-state index contributed by atoms with van der Waals surface area (Å²) in [5.41, 5.74) is 5.02. The summed E-state index contributed by atoms with van der Waals surface area (Å²) in [6, 6.07) is 15.2. The van der Waals surface area contributed by atoms with Gasteiger partial charge in [0.2, 0.25) is 0 Å². The molecule has 0 aliphatic rings. The quantitative estimate of drug-likeness (QED) is 0.703. The summed E-state index contributed by atoms with van der Waals surface area (Å²) in [7, 11) is 0. The van der Waals surface area contributed by atoms with Crippen LogP contribution in [-0.4, -0.2) is 4.98 Å². The number of hydrogen-bond donors (Lipinski definition) is 1. The Morgan fingerprint density at radius 2 is 1.86 bits per heavy atom. The first-order valence-corrected chi connectivity index (χ1v) is 8.13. The van der Waals surface area contributed by atoms with Gasteiger partial charge in [0.05, 0.1) is 10.2 Å². The molecule has 2 nitrogen and oxygen atoms in total. The summed E-state index contributed by atoms with van der Waals surface area (Å²) >= 11 is 1.72. The second kappa shape index (κ2) is 5.86. The fourth-order valence-electron chi connectivity index (χ4n) is 2.31. The topological polar surface area (TPSA) is 24.9 Å². The Labute approximate surface area is 129 Å². The lowest BCUT2D eigenvalue weighted by Crippen LogP contribution is -1.99. The number of thiazole rings is 1. The van der Waals surface area contributed by atoms with Crippen molar-refractivity contribution >= 4 is 26.7 Å². The fourth-order valence-corrected chi connectivity index (χ4v) is 3.27. The van der Waals surface area contributed by atoms with Gasteiger partial charge in [-0.25, -0.2) is 4.98 Å². The molecular formula is C18H20N2S. The van der Waals surface area contributed by atoms with Gasteiger partial charge in [-0.2, -0.15) is 0 Å². The van der Waals surface area contributed by atoms with Gasteiger partial charge < -0.3 is 5.32 Å². The molecule has 0 saturated carbocycles. The monoisotopic (exact) mass is 296 g/mol. The zero-order chi connectivity index (χ0) is 14.8. The normalized spacial score (nSPS) is 11.2. The largest absolute Gasteiger partial charge is 0.357 e. The number of hydrogen-bond acceptors (Lipinski definition) is 3. The van der Waals surface area contributed by atoms with Crippen molar-refractivity contribution in [2.24, 2.45) is 0 Å². The Balaban J connectivity index is 1.71. The van der Waals surface area contributed by atoms with E-state index >= 15 is 0 Å². The molecule has 0 atom stereocenters. The lowest BCUT2D eigenvalue weighted by atomic mass is 10.0. The highest BCUT2D eigenvalue weighted by Crippen LogP contribution is 2.27. The second-order valence-corrected chi connectivity index (χ2v) is 6.77. The summed E-state index contributed by atoms with van der Waals surface area (Å²) in [5.74, 6) is 0.583. The van der Waals surface area contributed by atoms with Crippen molar-refractivity contribution in [3.05, 3.63) is 59.2 Å². The van der Waals surface area contributed by atoms with Crippen LogP contribution in [0.3, 0.4) is 0 Å². The Hall–Kier alpha value is -1.87. The van der Waals surface area contributed by atoms with E-state index in [1.807, 2.05) is 0 Å². The zero-order valence-corrected chi connectivity index (χ0v) is 13.5. The summed E-state index contributed by atoms with van der Waals surface area (Å²) < 4.78 is 1.24. The minimum Gasteiger partial charge on any atom is -0.357 e. The van der Waals surface area contributed by atoms with Crippen LogP contribution < -0.4 is 5.32 Å². The van der Waals surface area contributed by atoms with Gasteiger partial charge in [-0.05, 0) is 41.7 Å². The van der Waals surface area contributed by atoms with Gasteiger partial charge >= 0.3 is 0 Å². The van der Waals surface area contributed by atoms with E-state index in [0.717, 1.165) is 17.2 Å². The molecule has 0 aliphatic heterocycles. The van der Waals surface area contributed by atoms with Crippen LogP contribution in [0.15, 0.2) is 42.5 Å². The fraction of sp³-hybridized carbons (Fsp3) is 0.278. The lowest BCUT2D eigenvalue weighted by molar-refractivity contribution is 0.865. The first kappa shape index (κ1) is 14.1. The number of aryl methyl sites for hydroxylation is 1. The summed E-state index contributed by atoms with van der Waals surface area (Å²) in [4.78, 5) is 4.62. The van der Waals surface area contributed by atoms with Crippen LogP contribution in [0.25, 0.3) is 10.2 Å². The third-order valence-corrected chi connectivity index (χ3v) is 4.61. The Morgan fingerprint density at radius 1 is 1.10 bits per heavy atom. The molecule has 3 rings (SSSR count). The van der Waals surface area contributed by atoms with Crippen molar-refractivity contribution in [3.8, 4) is 0 Å². The molecule has 0 fully saturated rings. The van der Waals surface area contributed by atoms with E-state index in [1.54, 1.807) is 11.3 Å². The van der Waals surface area contributed by atoms with Crippen molar-refractivity contribution in [2.75, 3.05) is 5.32 Å². The van der Waals surface area contributed by atoms with Crippen LogP contribution in [0.1, 0.15) is 36.5 Å². The zero-order valence-electron chi connectivity index (χ0n) is 12.7. The summed E-state index contributed by atoms with van der Waals surface area (Å²) in [6.45, 7) is 7.37. The van der Waals surface area contributed by atoms with E-state index in [1.165, 1.54) is 21.4 Å². The van der Waals surface area contributed by atoms with Gasteiger partial charge in [-0.1, -0.05) is 55.5 Å². The van der Waals surface area contributed by atoms with Gasteiger partial charge in [0, 0.05) is 6.54 Å². The third-order valence-electron chi connectivity index (χ3n) is 3.63. The van der Waals surface area contributed by atoms with E-state index < -0.39 is 0 Å². The lowest BCUT2D eigenvalue weighted by Gasteiger charge is -2.07. The van der Waals surface area contributed by atoms with E-state index in [2.05, 4.69) is 73.5 Å². The number of benzene rings is 2. The number of aromatic nitrogens is 1. The number of fused-ring (bicyclic) bond motifs is 1. The van der Waals surface area contributed by atoms with Gasteiger partial charge in [0.25, 0.3) is 0 Å². The minimum absolute atomic E-state index is 0.583. The molecule has 0 unspecified atom stereocenters. The molecule has 3 aromatic rings. The molecule has 0 saturated heterocycles. The molecule has 3 heteroatoms. The van der Waals surface area contributed by atoms with Crippen molar-refractivity contribution in [3.63, 3.8) is 0 Å². The molecule has 0 spiro atoms. The molecular weight excluding hydrogens is 276 g/mol. The van der Waals surface area contributed by atoms with Gasteiger partial charge in [0.1, 0.15) is 0 Å². The molecule has 0 amide bonds. The summed E-state index contributed by atoms with van der Waals surface area (Å²) in [5, 5.41) is 4.42. The Bertz CT molecular complexity index is 742. The van der Waals surface area contributed by atoms with E-state index in [-0.39, 0.29) is 0 Å². The maximum absolute atomic E-state index is 4.62. The van der Waals surface area contributed by atoms with Gasteiger partial charge in [-0.3, -0.25) is 0 Å². The number of nitrogens with one attached hydrogen (secondary N) is 1. The molecule has 0 aliphatic carbocycles. The van der Waals surface area contributed by atoms with Crippen LogP contribution in [0, 0.1) is 6.92 Å². The smallest absolute Gasteiger partial charge is 0.184 e. The maximum atomic E-state index is 4.62. The number of nitrogens with zero attached hydrogens (tertiary/aromatic N) is 1. The van der Waals surface area contributed by atoms with Crippen LogP contribution >= 0.6 is 11.3 Å². The number of anilines is 1. The molecule has 1 aromatic heterocycles. The van der Waals surface area contributed by atoms with E-state index in [9.17, 15) is 0 Å². The van der Waals surface area contributed by atoms with Crippen molar-refractivity contribution in [1.82, 2.24) is 4.98 Å². The first-order valence-electron chi connectivity index (χ1n) is 7.32. The highest BCUT2D eigenvalue weighted by atomic mass is 32.1. The highest BCUT2D eigenvalue weighted by Gasteiger charge is 2.04. The maximum Gasteiger partial charge on any atom is 0.184 e. The predicted molar refractivity (Wildman–Crippen MR) is 92.2 cm³/mol. The van der Waals surface area contributed by atoms with Crippen LogP contribution in [0.4, 0.5) is 5.13 Å². The first-order chi connectivity index (χ1) is 10.1. The minimum atomic E-state index is 0.583. The van der Waals surface area contributed by atoms with Gasteiger partial charge in [-0.15, -0.1) is 0 Å². The highest BCUT2D eigenvalue weighted by molar-refractivity contribution is 7.22.